The molecule has 0 saturated heterocycles. The molecule has 2 rings (SSSR count). The van der Waals surface area contributed by atoms with Crippen LogP contribution in [0.5, 0.6) is 11.5 Å². The molecule has 0 radical (unpaired) electrons. The fourth-order valence-corrected chi connectivity index (χ4v) is 1.98. The number of aliphatic hydroxyl groups is 2. The molecule has 0 aliphatic heterocycles. The molecule has 25 heavy (non-hydrogen) atoms. The maximum atomic E-state index is 12.8. The molecule has 0 aliphatic carbocycles. The molecule has 136 valence electrons. The van der Waals surface area contributed by atoms with Gasteiger partial charge in [0.2, 0.25) is 0 Å². The highest BCUT2D eigenvalue weighted by Crippen LogP contribution is 2.12. The number of aliphatic hydroxyl groups excluding tert-OH is 2. The molecule has 2 aromatic rings. The maximum Gasteiger partial charge on any atom is 0.123 e. The van der Waals surface area contributed by atoms with Crippen LogP contribution >= 0.6 is 0 Å². The van der Waals surface area contributed by atoms with Crippen LogP contribution in [-0.2, 0) is 0 Å². The predicted molar refractivity (Wildman–Crippen MR) is 88.7 cm³/mol. The van der Waals surface area contributed by atoms with E-state index in [2.05, 4.69) is 5.32 Å². The van der Waals surface area contributed by atoms with Crippen LogP contribution in [-0.4, -0.2) is 48.7 Å². The molecule has 0 bridgehead atoms. The summed E-state index contributed by atoms with van der Waals surface area (Å²) in [5, 5.41) is 22.5. The van der Waals surface area contributed by atoms with Crippen LogP contribution in [0.2, 0.25) is 0 Å². The monoisotopic (exact) mass is 353 g/mol. The number of hydrogen-bond acceptors (Lipinski definition) is 5. The highest BCUT2D eigenvalue weighted by molar-refractivity contribution is 5.22. The number of rotatable bonds is 10. The summed E-state index contributed by atoms with van der Waals surface area (Å²) in [7, 11) is 0. The maximum absolute atomic E-state index is 12.8. The van der Waals surface area contributed by atoms with Gasteiger partial charge in [0.05, 0.1) is 0 Å². The zero-order valence-electron chi connectivity index (χ0n) is 13.6. The Morgan fingerprint density at radius 1 is 0.720 bits per heavy atom. The normalized spacial score (nSPS) is 13.3. The van der Waals surface area contributed by atoms with E-state index in [9.17, 15) is 19.0 Å². The van der Waals surface area contributed by atoms with Crippen LogP contribution in [0.15, 0.2) is 48.5 Å². The minimum absolute atomic E-state index is 0.0425. The SMILES string of the molecule is OC(CNCC(O)COc1ccc(F)cc1)COc1ccc(F)cc1. The molecule has 0 aromatic heterocycles. The Kier molecular flexibility index (Phi) is 7.59. The summed E-state index contributed by atoms with van der Waals surface area (Å²) in [4.78, 5) is 0. The molecule has 3 N–H and O–H groups in total. The number of benzene rings is 2. The lowest BCUT2D eigenvalue weighted by molar-refractivity contribution is 0.0857. The molecule has 0 heterocycles. The van der Waals surface area contributed by atoms with E-state index >= 15 is 0 Å². The topological polar surface area (TPSA) is 71.0 Å². The average Bonchev–Trinajstić information content (AvgIpc) is 2.61. The van der Waals surface area contributed by atoms with Gasteiger partial charge in [-0.1, -0.05) is 0 Å². The minimum Gasteiger partial charge on any atom is -0.491 e. The van der Waals surface area contributed by atoms with Crippen LogP contribution in [0, 0.1) is 11.6 Å². The summed E-state index contributed by atoms with van der Waals surface area (Å²) in [6, 6.07) is 11.0. The number of halogens is 2. The van der Waals surface area contributed by atoms with E-state index in [1.807, 2.05) is 0 Å². The van der Waals surface area contributed by atoms with Crippen LogP contribution < -0.4 is 14.8 Å². The van der Waals surface area contributed by atoms with Gasteiger partial charge in [0.25, 0.3) is 0 Å². The average molecular weight is 353 g/mol. The molecule has 2 atom stereocenters. The molecule has 2 unspecified atom stereocenters. The van der Waals surface area contributed by atoms with Gasteiger partial charge in [-0.15, -0.1) is 0 Å². The third kappa shape index (κ3) is 7.47. The lowest BCUT2D eigenvalue weighted by atomic mass is 10.3. The highest BCUT2D eigenvalue weighted by atomic mass is 19.1. The second-order valence-electron chi connectivity index (χ2n) is 5.50. The first kappa shape index (κ1) is 19.1. The molecule has 0 saturated carbocycles. The summed E-state index contributed by atoms with van der Waals surface area (Å²) >= 11 is 0. The Bertz CT molecular complexity index is 566. The molecule has 0 fully saturated rings. The zero-order valence-corrected chi connectivity index (χ0v) is 13.6. The van der Waals surface area contributed by atoms with Gasteiger partial charge in [-0.05, 0) is 48.5 Å². The van der Waals surface area contributed by atoms with E-state index in [1.54, 1.807) is 0 Å². The van der Waals surface area contributed by atoms with E-state index in [0.29, 0.717) is 11.5 Å². The molecule has 7 heteroatoms. The number of hydrogen-bond donors (Lipinski definition) is 3. The van der Waals surface area contributed by atoms with Gasteiger partial charge in [0, 0.05) is 13.1 Å². The second-order valence-corrected chi connectivity index (χ2v) is 5.50. The fourth-order valence-electron chi connectivity index (χ4n) is 1.98. The lowest BCUT2D eigenvalue weighted by Gasteiger charge is -2.16. The molecular formula is C18H21F2NO4. The molecular weight excluding hydrogens is 332 g/mol. The summed E-state index contributed by atoms with van der Waals surface area (Å²) < 4.78 is 36.1. The Hall–Kier alpha value is -2.22. The standard InChI is InChI=1S/C18H21F2NO4/c19-13-1-5-17(6-2-13)24-11-15(22)9-21-10-16(23)12-25-18-7-3-14(20)4-8-18/h1-8,15-16,21-23H,9-12H2. The third-order valence-electron chi connectivity index (χ3n) is 3.27. The van der Waals surface area contributed by atoms with Gasteiger partial charge in [-0.25, -0.2) is 8.78 Å². The van der Waals surface area contributed by atoms with Crippen LogP contribution in [0.25, 0.3) is 0 Å². The van der Waals surface area contributed by atoms with E-state index in [-0.39, 0.29) is 37.9 Å². The van der Waals surface area contributed by atoms with Crippen molar-refractivity contribution in [3.63, 3.8) is 0 Å². The summed E-state index contributed by atoms with van der Waals surface area (Å²) in [6.45, 7) is 0.519. The lowest BCUT2D eigenvalue weighted by Crippen LogP contribution is -2.37. The minimum atomic E-state index is -0.782. The molecule has 0 amide bonds. The molecule has 5 nitrogen and oxygen atoms in total. The fraction of sp³-hybridized carbons (Fsp3) is 0.333. The highest BCUT2D eigenvalue weighted by Gasteiger charge is 2.09. The predicted octanol–water partition coefficient (Wildman–Crippen LogP) is 1.73. The van der Waals surface area contributed by atoms with Gasteiger partial charge < -0.3 is 25.0 Å². The van der Waals surface area contributed by atoms with Crippen molar-refractivity contribution in [2.45, 2.75) is 12.2 Å². The van der Waals surface area contributed by atoms with Gasteiger partial charge in [0.15, 0.2) is 0 Å². The van der Waals surface area contributed by atoms with Gasteiger partial charge >= 0.3 is 0 Å². The van der Waals surface area contributed by atoms with Crippen molar-refractivity contribution >= 4 is 0 Å². The van der Waals surface area contributed by atoms with E-state index in [1.165, 1.54) is 48.5 Å². The summed E-state index contributed by atoms with van der Waals surface area (Å²) in [5.41, 5.74) is 0. The van der Waals surface area contributed by atoms with E-state index in [4.69, 9.17) is 9.47 Å². The van der Waals surface area contributed by atoms with Crippen molar-refractivity contribution in [2.75, 3.05) is 26.3 Å². The largest absolute Gasteiger partial charge is 0.491 e. The smallest absolute Gasteiger partial charge is 0.123 e. The first-order valence-corrected chi connectivity index (χ1v) is 7.86. The second kappa shape index (κ2) is 9.93. The van der Waals surface area contributed by atoms with Crippen LogP contribution in [0.1, 0.15) is 0 Å². The third-order valence-corrected chi connectivity index (χ3v) is 3.27. The number of nitrogens with one attached hydrogen (secondary N) is 1. The first-order chi connectivity index (χ1) is 12.0. The van der Waals surface area contributed by atoms with Crippen molar-refractivity contribution < 1.29 is 28.5 Å². The summed E-state index contributed by atoms with van der Waals surface area (Å²) in [5.74, 6) is 0.221. The van der Waals surface area contributed by atoms with Crippen molar-refractivity contribution in [2.24, 2.45) is 0 Å². The van der Waals surface area contributed by atoms with E-state index in [0.717, 1.165) is 0 Å². The van der Waals surface area contributed by atoms with Crippen molar-refractivity contribution in [3.8, 4) is 11.5 Å². The van der Waals surface area contributed by atoms with Gasteiger partial charge in [-0.3, -0.25) is 0 Å². The first-order valence-electron chi connectivity index (χ1n) is 7.86. The molecule has 0 aliphatic rings. The molecule has 0 spiro atoms. The van der Waals surface area contributed by atoms with Crippen molar-refractivity contribution in [3.05, 3.63) is 60.2 Å². The Morgan fingerprint density at radius 2 is 1.08 bits per heavy atom. The quantitative estimate of drug-likeness (QED) is 0.607. The van der Waals surface area contributed by atoms with Crippen molar-refractivity contribution in [1.29, 1.82) is 0 Å². The Labute approximate surface area is 144 Å². The van der Waals surface area contributed by atoms with Crippen molar-refractivity contribution in [1.82, 2.24) is 5.32 Å². The molecule has 2 aromatic carbocycles. The van der Waals surface area contributed by atoms with Crippen LogP contribution in [0.3, 0.4) is 0 Å². The number of ether oxygens (including phenoxy) is 2. The van der Waals surface area contributed by atoms with Gasteiger partial charge in [-0.2, -0.15) is 0 Å². The summed E-state index contributed by atoms with van der Waals surface area (Å²) in [6.07, 6.45) is -1.56. The Balaban J connectivity index is 1.57. The van der Waals surface area contributed by atoms with Gasteiger partial charge in [0.1, 0.15) is 48.6 Å². The van der Waals surface area contributed by atoms with E-state index < -0.39 is 12.2 Å². The Morgan fingerprint density at radius 3 is 1.44 bits per heavy atom. The van der Waals surface area contributed by atoms with Crippen LogP contribution in [0.4, 0.5) is 8.78 Å². The zero-order chi connectivity index (χ0) is 18.1.